The van der Waals surface area contributed by atoms with E-state index in [1.54, 1.807) is 42.5 Å². The van der Waals surface area contributed by atoms with Crippen LogP contribution >= 0.6 is 11.6 Å². The summed E-state index contributed by atoms with van der Waals surface area (Å²) < 4.78 is 13.3. The zero-order valence-electron chi connectivity index (χ0n) is 15.4. The molecule has 6 heteroatoms. The number of rotatable bonds is 4. The van der Waals surface area contributed by atoms with Gasteiger partial charge in [0.1, 0.15) is 11.5 Å². The minimum Gasteiger partial charge on any atom is -0.350 e. The topological polar surface area (TPSA) is 49.4 Å². The number of carbonyl (C=O) groups excluding carboxylic acids is 2. The van der Waals surface area contributed by atoms with E-state index in [9.17, 15) is 14.0 Å². The van der Waals surface area contributed by atoms with Gasteiger partial charge in [-0.25, -0.2) is 9.29 Å². The first kappa shape index (κ1) is 18.9. The van der Waals surface area contributed by atoms with Crippen LogP contribution in [0.3, 0.4) is 0 Å². The van der Waals surface area contributed by atoms with E-state index in [1.807, 2.05) is 13.0 Å². The fraction of sp³-hybridized carbons (Fsp3) is 0.0435. The Morgan fingerprint density at radius 3 is 2.24 bits per heavy atom. The number of carbonyl (C=O) groups is 2. The molecule has 0 saturated carbocycles. The van der Waals surface area contributed by atoms with Crippen molar-refractivity contribution in [2.75, 3.05) is 10.2 Å². The molecule has 3 aromatic rings. The third kappa shape index (κ3) is 3.65. The van der Waals surface area contributed by atoms with Crippen LogP contribution in [-0.4, -0.2) is 11.8 Å². The minimum atomic E-state index is -0.477. The summed E-state index contributed by atoms with van der Waals surface area (Å²) in [6.07, 6.45) is 0. The van der Waals surface area contributed by atoms with Crippen molar-refractivity contribution in [3.8, 4) is 0 Å². The molecule has 1 aliphatic heterocycles. The molecule has 144 valence electrons. The zero-order valence-corrected chi connectivity index (χ0v) is 16.2. The third-order valence-corrected chi connectivity index (χ3v) is 4.84. The molecule has 0 bridgehead atoms. The molecular formula is C23H16ClFN2O2. The van der Waals surface area contributed by atoms with Crippen molar-refractivity contribution in [1.82, 2.24) is 0 Å². The van der Waals surface area contributed by atoms with E-state index in [0.717, 1.165) is 10.5 Å². The van der Waals surface area contributed by atoms with Crippen molar-refractivity contribution in [3.63, 3.8) is 0 Å². The van der Waals surface area contributed by atoms with Gasteiger partial charge in [-0.2, -0.15) is 0 Å². The second-order valence-electron chi connectivity index (χ2n) is 6.67. The first-order chi connectivity index (χ1) is 13.9. The molecule has 2 amide bonds. The maximum Gasteiger partial charge on any atom is 0.282 e. The van der Waals surface area contributed by atoms with Gasteiger partial charge in [0, 0.05) is 10.7 Å². The zero-order chi connectivity index (χ0) is 20.5. The van der Waals surface area contributed by atoms with E-state index in [2.05, 4.69) is 5.32 Å². The lowest BCUT2D eigenvalue weighted by molar-refractivity contribution is -0.120. The average molecular weight is 407 g/mol. The second kappa shape index (κ2) is 7.53. The van der Waals surface area contributed by atoms with Crippen molar-refractivity contribution in [2.24, 2.45) is 0 Å². The molecule has 0 aliphatic carbocycles. The van der Waals surface area contributed by atoms with E-state index in [4.69, 9.17) is 11.6 Å². The van der Waals surface area contributed by atoms with Crippen molar-refractivity contribution in [2.45, 2.75) is 6.92 Å². The first-order valence-corrected chi connectivity index (χ1v) is 9.30. The van der Waals surface area contributed by atoms with Gasteiger partial charge < -0.3 is 5.32 Å². The Labute approximate surface area is 172 Å². The summed E-state index contributed by atoms with van der Waals surface area (Å²) in [5.74, 6) is -1.31. The van der Waals surface area contributed by atoms with E-state index in [1.165, 1.54) is 24.3 Å². The number of amides is 2. The number of aryl methyl sites for hydroxylation is 1. The lowest BCUT2D eigenvalue weighted by Crippen LogP contribution is -2.32. The molecule has 0 spiro atoms. The van der Waals surface area contributed by atoms with Gasteiger partial charge in [0.2, 0.25) is 0 Å². The highest BCUT2D eigenvalue weighted by atomic mass is 35.5. The minimum absolute atomic E-state index is 0.130. The van der Waals surface area contributed by atoms with Crippen LogP contribution in [0.25, 0.3) is 5.57 Å². The first-order valence-electron chi connectivity index (χ1n) is 8.92. The average Bonchev–Trinajstić information content (AvgIpc) is 2.94. The Morgan fingerprint density at radius 1 is 0.897 bits per heavy atom. The maximum absolute atomic E-state index is 13.3. The van der Waals surface area contributed by atoms with Crippen molar-refractivity contribution in [3.05, 3.63) is 100 Å². The second-order valence-corrected chi connectivity index (χ2v) is 7.11. The quantitative estimate of drug-likeness (QED) is 0.607. The molecule has 1 heterocycles. The smallest absolute Gasteiger partial charge is 0.282 e. The lowest BCUT2D eigenvalue weighted by atomic mass is 10.0. The number of anilines is 2. The maximum atomic E-state index is 13.3. The highest BCUT2D eigenvalue weighted by molar-refractivity contribution is 6.46. The van der Waals surface area contributed by atoms with Gasteiger partial charge in [-0.1, -0.05) is 35.9 Å². The molecule has 0 radical (unpaired) electrons. The highest BCUT2D eigenvalue weighted by Gasteiger charge is 2.40. The van der Waals surface area contributed by atoms with Crippen molar-refractivity contribution >= 4 is 40.4 Å². The van der Waals surface area contributed by atoms with Crippen LogP contribution in [0.15, 0.2) is 78.5 Å². The third-order valence-electron chi connectivity index (χ3n) is 4.59. The van der Waals surface area contributed by atoms with E-state index < -0.39 is 17.6 Å². The molecule has 0 saturated heterocycles. The van der Waals surface area contributed by atoms with Crippen LogP contribution in [0.1, 0.15) is 11.1 Å². The Morgan fingerprint density at radius 2 is 1.59 bits per heavy atom. The molecular weight excluding hydrogens is 391 g/mol. The molecule has 1 aliphatic rings. The Bertz CT molecular complexity index is 1140. The fourth-order valence-electron chi connectivity index (χ4n) is 3.21. The Hall–Kier alpha value is -3.44. The van der Waals surface area contributed by atoms with Gasteiger partial charge in [0.05, 0.1) is 11.3 Å². The summed E-state index contributed by atoms with van der Waals surface area (Å²) in [5.41, 5.74) is 2.84. The predicted molar refractivity (Wildman–Crippen MR) is 112 cm³/mol. The summed E-state index contributed by atoms with van der Waals surface area (Å²) in [6.45, 7) is 1.89. The fourth-order valence-corrected chi connectivity index (χ4v) is 3.34. The summed E-state index contributed by atoms with van der Waals surface area (Å²) >= 11 is 5.98. The van der Waals surface area contributed by atoms with Crippen LogP contribution < -0.4 is 10.2 Å². The molecule has 1 N–H and O–H groups in total. The molecule has 0 fully saturated rings. The molecule has 3 aromatic carbocycles. The molecule has 0 unspecified atom stereocenters. The molecule has 4 rings (SSSR count). The number of hydrogen-bond donors (Lipinski definition) is 1. The van der Waals surface area contributed by atoms with Gasteiger partial charge in [0.15, 0.2) is 0 Å². The number of halogens is 2. The molecule has 4 nitrogen and oxygen atoms in total. The van der Waals surface area contributed by atoms with Gasteiger partial charge in [-0.15, -0.1) is 0 Å². The van der Waals surface area contributed by atoms with Crippen LogP contribution in [-0.2, 0) is 9.59 Å². The summed E-state index contributed by atoms with van der Waals surface area (Å²) in [5, 5.41) is 3.52. The van der Waals surface area contributed by atoms with Crippen LogP contribution in [0.4, 0.5) is 15.8 Å². The van der Waals surface area contributed by atoms with Crippen LogP contribution in [0.5, 0.6) is 0 Å². The SMILES string of the molecule is Cc1cccc(N2C(=O)C(Nc3ccc(F)cc3)=C(c3ccc(Cl)cc3)C2=O)c1. The number of hydrogen-bond acceptors (Lipinski definition) is 3. The van der Waals surface area contributed by atoms with Crippen molar-refractivity contribution < 1.29 is 14.0 Å². The summed E-state index contributed by atoms with van der Waals surface area (Å²) in [6, 6.07) is 19.4. The summed E-state index contributed by atoms with van der Waals surface area (Å²) in [4.78, 5) is 27.7. The van der Waals surface area contributed by atoms with E-state index in [-0.39, 0.29) is 11.3 Å². The Kier molecular flexibility index (Phi) is 4.91. The molecule has 29 heavy (non-hydrogen) atoms. The largest absolute Gasteiger partial charge is 0.350 e. The van der Waals surface area contributed by atoms with Gasteiger partial charge in [-0.05, 0) is 66.6 Å². The standard InChI is InChI=1S/C23H16ClFN2O2/c1-14-3-2-4-19(13-14)27-22(28)20(15-5-7-16(24)8-6-15)21(23(27)29)26-18-11-9-17(25)10-12-18/h2-13,26H,1H3. The van der Waals surface area contributed by atoms with Gasteiger partial charge >= 0.3 is 0 Å². The van der Waals surface area contributed by atoms with E-state index >= 15 is 0 Å². The van der Waals surface area contributed by atoms with E-state index in [0.29, 0.717) is 22.0 Å². The van der Waals surface area contributed by atoms with Crippen molar-refractivity contribution in [1.29, 1.82) is 0 Å². The monoisotopic (exact) mass is 406 g/mol. The number of imide groups is 1. The summed E-state index contributed by atoms with van der Waals surface area (Å²) in [7, 11) is 0. The normalized spacial score (nSPS) is 14.0. The van der Waals surface area contributed by atoms with Crippen LogP contribution in [0, 0.1) is 12.7 Å². The van der Waals surface area contributed by atoms with Crippen LogP contribution in [0.2, 0.25) is 5.02 Å². The van der Waals surface area contributed by atoms with Gasteiger partial charge in [0.25, 0.3) is 11.8 Å². The Balaban J connectivity index is 1.82. The number of nitrogens with zero attached hydrogens (tertiary/aromatic N) is 1. The molecule has 0 aromatic heterocycles. The van der Waals surface area contributed by atoms with Gasteiger partial charge in [-0.3, -0.25) is 9.59 Å². The number of nitrogens with one attached hydrogen (secondary N) is 1. The molecule has 0 atom stereocenters. The predicted octanol–water partition coefficient (Wildman–Crippen LogP) is 5.18. The number of benzene rings is 3. The lowest BCUT2D eigenvalue weighted by Gasteiger charge is -2.16. The highest BCUT2D eigenvalue weighted by Crippen LogP contribution is 2.34.